The summed E-state index contributed by atoms with van der Waals surface area (Å²) < 4.78 is 5.47. The molecule has 0 fully saturated rings. The second kappa shape index (κ2) is 7.56. The van der Waals surface area contributed by atoms with Gasteiger partial charge in [0.25, 0.3) is 0 Å². The maximum Gasteiger partial charge on any atom is 0.139 e. The molecule has 7 heteroatoms. The van der Waals surface area contributed by atoms with E-state index in [1.807, 2.05) is 0 Å². The van der Waals surface area contributed by atoms with Crippen LogP contribution in [0.2, 0.25) is 15.1 Å². The second-order valence-electron chi connectivity index (χ2n) is 3.59. The molecular weight excluding hydrogens is 298 g/mol. The summed E-state index contributed by atoms with van der Waals surface area (Å²) in [5, 5.41) is 12.4. The van der Waals surface area contributed by atoms with Gasteiger partial charge in [0.2, 0.25) is 0 Å². The Morgan fingerprint density at radius 1 is 1.17 bits per heavy atom. The van der Waals surface area contributed by atoms with Crippen molar-refractivity contribution >= 4 is 40.6 Å². The Hall–Kier alpha value is -0.840. The molecule has 3 N–H and O–H groups in total. The first kappa shape index (κ1) is 15.2. The summed E-state index contributed by atoms with van der Waals surface area (Å²) in [6, 6.07) is 3.12. The Bertz CT molecular complexity index is 439. The lowest BCUT2D eigenvalue weighted by atomic mass is 10.2. The van der Waals surface area contributed by atoms with Gasteiger partial charge < -0.3 is 15.7 Å². The second-order valence-corrected chi connectivity index (χ2v) is 4.82. The molecule has 0 aliphatic rings. The predicted octanol–water partition coefficient (Wildman–Crippen LogP) is 3.94. The normalized spacial score (nSPS) is 11.6. The number of hydrogen-bond acceptors (Lipinski definition) is 3. The topological polar surface area (TPSA) is 67.8 Å². The van der Waals surface area contributed by atoms with Crippen LogP contribution in [0.4, 0.5) is 0 Å². The van der Waals surface area contributed by atoms with E-state index in [9.17, 15) is 0 Å². The molecule has 0 radical (unpaired) electrons. The molecule has 0 saturated carbocycles. The molecule has 4 nitrogen and oxygen atoms in total. The number of unbranched alkanes of at least 4 members (excludes halogenated alkanes) is 1. The first-order valence-electron chi connectivity index (χ1n) is 5.28. The highest BCUT2D eigenvalue weighted by molar-refractivity contribution is 6.43. The lowest BCUT2D eigenvalue weighted by Gasteiger charge is -2.09. The third kappa shape index (κ3) is 4.80. The van der Waals surface area contributed by atoms with Crippen LogP contribution in [0.25, 0.3) is 0 Å². The van der Waals surface area contributed by atoms with Gasteiger partial charge in [0.15, 0.2) is 0 Å². The number of hydrogen-bond donors (Lipinski definition) is 2. The van der Waals surface area contributed by atoms with Gasteiger partial charge in [0.1, 0.15) is 11.6 Å². The molecule has 0 amide bonds. The van der Waals surface area contributed by atoms with Crippen molar-refractivity contribution in [3.8, 4) is 5.75 Å². The van der Waals surface area contributed by atoms with E-state index in [1.54, 1.807) is 6.07 Å². The quantitative estimate of drug-likeness (QED) is 0.209. The number of oxime groups is 1. The number of rotatable bonds is 6. The van der Waals surface area contributed by atoms with E-state index in [4.69, 9.17) is 50.5 Å². The van der Waals surface area contributed by atoms with Gasteiger partial charge in [-0.1, -0.05) is 40.0 Å². The highest BCUT2D eigenvalue weighted by Gasteiger charge is 2.06. The van der Waals surface area contributed by atoms with Crippen molar-refractivity contribution in [3.63, 3.8) is 0 Å². The highest BCUT2D eigenvalue weighted by atomic mass is 35.5. The van der Waals surface area contributed by atoms with Gasteiger partial charge in [0, 0.05) is 12.5 Å². The van der Waals surface area contributed by atoms with Gasteiger partial charge in [-0.15, -0.1) is 0 Å². The average Bonchev–Trinajstić information content (AvgIpc) is 2.34. The molecule has 0 aliphatic heterocycles. The molecule has 1 rings (SSSR count). The van der Waals surface area contributed by atoms with Gasteiger partial charge in [0.05, 0.1) is 21.7 Å². The zero-order valence-corrected chi connectivity index (χ0v) is 11.8. The van der Waals surface area contributed by atoms with Crippen LogP contribution in [0.1, 0.15) is 19.3 Å². The summed E-state index contributed by atoms with van der Waals surface area (Å²) in [5.74, 6) is 0.706. The van der Waals surface area contributed by atoms with E-state index in [0.717, 1.165) is 12.8 Å². The van der Waals surface area contributed by atoms with Gasteiger partial charge in [-0.05, 0) is 18.9 Å². The molecule has 0 heterocycles. The Kier molecular flexibility index (Phi) is 6.39. The highest BCUT2D eigenvalue weighted by Crippen LogP contribution is 2.33. The van der Waals surface area contributed by atoms with E-state index in [0.29, 0.717) is 33.8 Å². The number of halogens is 3. The third-order valence-corrected chi connectivity index (χ3v) is 3.21. The van der Waals surface area contributed by atoms with Crippen molar-refractivity contribution in [2.45, 2.75) is 19.3 Å². The van der Waals surface area contributed by atoms with E-state index in [2.05, 4.69) is 5.16 Å². The lowest BCUT2D eigenvalue weighted by Crippen LogP contribution is -2.11. The minimum atomic E-state index is 0.211. The Balaban J connectivity index is 2.38. The van der Waals surface area contributed by atoms with Crippen molar-refractivity contribution in [2.24, 2.45) is 10.9 Å². The Labute approximate surface area is 120 Å². The minimum Gasteiger partial charge on any atom is -0.492 e. The molecule has 0 aliphatic carbocycles. The zero-order chi connectivity index (χ0) is 13.5. The van der Waals surface area contributed by atoms with Gasteiger partial charge in [-0.2, -0.15) is 0 Å². The van der Waals surface area contributed by atoms with Crippen LogP contribution in [-0.4, -0.2) is 17.6 Å². The molecule has 0 aromatic heterocycles. The molecule has 0 saturated heterocycles. The fourth-order valence-electron chi connectivity index (χ4n) is 1.26. The Morgan fingerprint density at radius 2 is 1.83 bits per heavy atom. The van der Waals surface area contributed by atoms with Crippen molar-refractivity contribution in [1.29, 1.82) is 0 Å². The fraction of sp³-hybridized carbons (Fsp3) is 0.364. The molecule has 0 atom stereocenters. The molecule has 100 valence electrons. The predicted molar refractivity (Wildman–Crippen MR) is 74.2 cm³/mol. The van der Waals surface area contributed by atoms with Gasteiger partial charge >= 0.3 is 0 Å². The zero-order valence-electron chi connectivity index (χ0n) is 9.50. The van der Waals surface area contributed by atoms with Gasteiger partial charge in [-0.3, -0.25) is 0 Å². The third-order valence-electron chi connectivity index (χ3n) is 2.19. The van der Waals surface area contributed by atoms with Crippen LogP contribution in [0.3, 0.4) is 0 Å². The summed E-state index contributed by atoms with van der Waals surface area (Å²) in [5.41, 5.74) is 5.33. The maximum atomic E-state index is 8.35. The standard InChI is InChI=1S/C11H13Cl3N2O2/c12-7-5-9(14)10(6-8(7)13)18-4-2-1-3-11(15)16-17/h5-6,17H,1-4H2,(H2,15,16). The molecule has 1 aromatic rings. The number of nitrogens with zero attached hydrogens (tertiary/aromatic N) is 1. The molecule has 0 unspecified atom stereocenters. The van der Waals surface area contributed by atoms with Crippen molar-refractivity contribution in [2.75, 3.05) is 6.61 Å². The number of nitrogens with two attached hydrogens (primary N) is 1. The van der Waals surface area contributed by atoms with Gasteiger partial charge in [-0.25, -0.2) is 0 Å². The van der Waals surface area contributed by atoms with Crippen molar-refractivity contribution in [1.82, 2.24) is 0 Å². The van der Waals surface area contributed by atoms with Crippen molar-refractivity contribution < 1.29 is 9.94 Å². The van der Waals surface area contributed by atoms with Crippen molar-refractivity contribution in [3.05, 3.63) is 27.2 Å². The van der Waals surface area contributed by atoms with Crippen LogP contribution in [0, 0.1) is 0 Å². The molecular formula is C11H13Cl3N2O2. The maximum absolute atomic E-state index is 8.35. The first-order chi connectivity index (χ1) is 8.54. The van der Waals surface area contributed by atoms with Crippen LogP contribution >= 0.6 is 34.8 Å². The number of amidine groups is 1. The number of benzene rings is 1. The van der Waals surface area contributed by atoms with Crippen LogP contribution in [0.5, 0.6) is 5.75 Å². The minimum absolute atomic E-state index is 0.211. The van der Waals surface area contributed by atoms with Crippen LogP contribution in [0.15, 0.2) is 17.3 Å². The van der Waals surface area contributed by atoms with E-state index in [-0.39, 0.29) is 5.84 Å². The summed E-state index contributed by atoms with van der Waals surface area (Å²) in [7, 11) is 0. The molecule has 0 spiro atoms. The summed E-state index contributed by atoms with van der Waals surface area (Å²) in [6.45, 7) is 0.469. The number of ether oxygens (including phenoxy) is 1. The van der Waals surface area contributed by atoms with Crippen LogP contribution < -0.4 is 10.5 Å². The summed E-state index contributed by atoms with van der Waals surface area (Å²) >= 11 is 17.6. The van der Waals surface area contributed by atoms with E-state index < -0.39 is 0 Å². The monoisotopic (exact) mass is 310 g/mol. The lowest BCUT2D eigenvalue weighted by molar-refractivity contribution is 0.305. The largest absolute Gasteiger partial charge is 0.492 e. The molecule has 1 aromatic carbocycles. The Morgan fingerprint density at radius 3 is 2.50 bits per heavy atom. The van der Waals surface area contributed by atoms with E-state index >= 15 is 0 Å². The smallest absolute Gasteiger partial charge is 0.139 e. The molecule has 0 bridgehead atoms. The van der Waals surface area contributed by atoms with E-state index in [1.165, 1.54) is 6.07 Å². The first-order valence-corrected chi connectivity index (χ1v) is 6.41. The fourth-order valence-corrected chi connectivity index (χ4v) is 1.85. The summed E-state index contributed by atoms with van der Waals surface area (Å²) in [4.78, 5) is 0. The average molecular weight is 312 g/mol. The SMILES string of the molecule is N/C(CCCCOc1cc(Cl)c(Cl)cc1Cl)=N/O. The summed E-state index contributed by atoms with van der Waals surface area (Å²) in [6.07, 6.45) is 2.04. The van der Waals surface area contributed by atoms with Crippen LogP contribution in [-0.2, 0) is 0 Å². The molecule has 18 heavy (non-hydrogen) atoms.